The lowest BCUT2D eigenvalue weighted by molar-refractivity contribution is -0.112. The van der Waals surface area contributed by atoms with Crippen LogP contribution in [0.1, 0.15) is 55.4 Å². The number of aldehydes is 1. The van der Waals surface area contributed by atoms with Crippen LogP contribution in [0.3, 0.4) is 0 Å². The smallest absolute Gasteiger partial charge is 0.127 e. The Hall–Kier alpha value is -1.51. The van der Waals surface area contributed by atoms with Gasteiger partial charge >= 0.3 is 0 Å². The van der Waals surface area contributed by atoms with E-state index in [1.54, 1.807) is 0 Å². The fraction of sp³-hybridized carbons (Fsp3) is 0.588. The lowest BCUT2D eigenvalue weighted by Gasteiger charge is -2.30. The number of phenols is 1. The lowest BCUT2D eigenvalue weighted by atomic mass is 9.79. The molecule has 0 aromatic heterocycles. The normalized spacial score (nSPS) is 26.0. The second-order valence-corrected chi connectivity index (χ2v) is 6.42. The van der Waals surface area contributed by atoms with E-state index in [0.29, 0.717) is 12.2 Å². The van der Waals surface area contributed by atoms with E-state index in [1.165, 1.54) is 0 Å². The molecule has 0 spiro atoms. The van der Waals surface area contributed by atoms with Gasteiger partial charge in [-0.3, -0.25) is 0 Å². The first-order valence-corrected chi connectivity index (χ1v) is 7.19. The Labute approximate surface area is 121 Å². The van der Waals surface area contributed by atoms with Gasteiger partial charge in [0, 0.05) is 17.4 Å². The molecule has 2 rings (SSSR count). The topological polar surface area (TPSA) is 46.5 Å². The average molecular weight is 276 g/mol. The summed E-state index contributed by atoms with van der Waals surface area (Å²) in [6.07, 6.45) is 1.66. The van der Waals surface area contributed by atoms with Gasteiger partial charge in [-0.05, 0) is 50.8 Å². The molecule has 0 saturated heterocycles. The van der Waals surface area contributed by atoms with Gasteiger partial charge in [-0.25, -0.2) is 0 Å². The number of aromatic hydroxyl groups is 1. The molecular weight excluding hydrogens is 252 g/mol. The molecule has 110 valence electrons. The quantitative estimate of drug-likeness (QED) is 0.854. The Morgan fingerprint density at radius 3 is 2.45 bits per heavy atom. The summed E-state index contributed by atoms with van der Waals surface area (Å²) in [6.45, 7) is 11.9. The third-order valence-corrected chi connectivity index (χ3v) is 4.91. The number of phenolic OH excluding ortho intramolecular Hbond substituents is 1. The highest BCUT2D eigenvalue weighted by molar-refractivity contribution is 5.61. The molecule has 1 N–H and O–H groups in total. The van der Waals surface area contributed by atoms with Crippen LogP contribution < -0.4 is 4.74 Å². The standard InChI is InChI=1S/C17H24O3/c1-9(8-18)7-17(6)13(5)14-12(4)15(19)10(2)11(3)16(14)20-17/h8-9,13,19H,7H2,1-6H3/t9?,13-,17?/m1/s1. The third kappa shape index (κ3) is 2.00. The molecule has 1 aliphatic rings. The summed E-state index contributed by atoms with van der Waals surface area (Å²) in [7, 11) is 0. The first-order valence-electron chi connectivity index (χ1n) is 7.19. The Kier molecular flexibility index (Phi) is 3.57. The Morgan fingerprint density at radius 2 is 1.90 bits per heavy atom. The summed E-state index contributed by atoms with van der Waals surface area (Å²) < 4.78 is 6.26. The molecule has 0 fully saturated rings. The van der Waals surface area contributed by atoms with E-state index in [2.05, 4.69) is 13.8 Å². The Morgan fingerprint density at radius 1 is 1.30 bits per heavy atom. The van der Waals surface area contributed by atoms with Crippen molar-refractivity contribution in [1.29, 1.82) is 0 Å². The van der Waals surface area contributed by atoms with Crippen molar-refractivity contribution in [3.05, 3.63) is 22.3 Å². The molecule has 3 atom stereocenters. The van der Waals surface area contributed by atoms with Crippen molar-refractivity contribution in [1.82, 2.24) is 0 Å². The van der Waals surface area contributed by atoms with E-state index in [0.717, 1.165) is 34.3 Å². The SMILES string of the molecule is Cc1c(C)c2c(c(C)c1O)[C@@H](C)C(C)(CC(C)C=O)O2. The average Bonchev–Trinajstić information content (AvgIpc) is 2.66. The van der Waals surface area contributed by atoms with Crippen LogP contribution in [0, 0.1) is 26.7 Å². The predicted molar refractivity (Wildman–Crippen MR) is 79.6 cm³/mol. The van der Waals surface area contributed by atoms with E-state index in [1.807, 2.05) is 27.7 Å². The van der Waals surface area contributed by atoms with E-state index in [4.69, 9.17) is 4.74 Å². The first-order chi connectivity index (χ1) is 9.23. The highest BCUT2D eigenvalue weighted by Gasteiger charge is 2.45. The lowest BCUT2D eigenvalue weighted by Crippen LogP contribution is -2.35. The highest BCUT2D eigenvalue weighted by Crippen LogP contribution is 2.52. The number of ether oxygens (including phenoxy) is 1. The summed E-state index contributed by atoms with van der Waals surface area (Å²) in [5.74, 6) is 1.38. The number of carbonyl (C=O) groups is 1. The molecule has 0 amide bonds. The molecule has 1 heterocycles. The van der Waals surface area contributed by atoms with Gasteiger partial charge in [0.05, 0.1) is 0 Å². The second-order valence-electron chi connectivity index (χ2n) is 6.42. The van der Waals surface area contributed by atoms with Crippen molar-refractivity contribution in [2.24, 2.45) is 5.92 Å². The molecule has 0 aliphatic carbocycles. The van der Waals surface area contributed by atoms with E-state index >= 15 is 0 Å². The monoisotopic (exact) mass is 276 g/mol. The van der Waals surface area contributed by atoms with Gasteiger partial charge < -0.3 is 14.6 Å². The summed E-state index contributed by atoms with van der Waals surface area (Å²) in [6, 6.07) is 0. The molecule has 1 aliphatic heterocycles. The summed E-state index contributed by atoms with van der Waals surface area (Å²) >= 11 is 0. The fourth-order valence-electron chi connectivity index (χ4n) is 3.31. The maximum Gasteiger partial charge on any atom is 0.127 e. The van der Waals surface area contributed by atoms with Crippen LogP contribution in [0.5, 0.6) is 11.5 Å². The van der Waals surface area contributed by atoms with Crippen molar-refractivity contribution in [3.63, 3.8) is 0 Å². The van der Waals surface area contributed by atoms with Crippen LogP contribution in [-0.4, -0.2) is 17.0 Å². The molecule has 0 radical (unpaired) electrons. The minimum absolute atomic E-state index is 0.0351. The highest BCUT2D eigenvalue weighted by atomic mass is 16.5. The zero-order chi connectivity index (χ0) is 15.2. The van der Waals surface area contributed by atoms with E-state index in [-0.39, 0.29) is 11.8 Å². The van der Waals surface area contributed by atoms with Gasteiger partial charge in [-0.2, -0.15) is 0 Å². The van der Waals surface area contributed by atoms with Gasteiger partial charge in [0.2, 0.25) is 0 Å². The zero-order valence-electron chi connectivity index (χ0n) is 13.2. The van der Waals surface area contributed by atoms with Gasteiger partial charge in [0.1, 0.15) is 23.4 Å². The maximum absolute atomic E-state index is 11.0. The number of rotatable bonds is 3. The zero-order valence-corrected chi connectivity index (χ0v) is 13.2. The Balaban J connectivity index is 2.53. The van der Waals surface area contributed by atoms with Gasteiger partial charge in [0.25, 0.3) is 0 Å². The molecule has 0 saturated carbocycles. The number of benzene rings is 1. The first kappa shape index (κ1) is 14.9. The molecule has 2 unspecified atom stereocenters. The van der Waals surface area contributed by atoms with Crippen molar-refractivity contribution < 1.29 is 14.6 Å². The van der Waals surface area contributed by atoms with Crippen LogP contribution in [-0.2, 0) is 4.79 Å². The van der Waals surface area contributed by atoms with Crippen molar-refractivity contribution >= 4 is 6.29 Å². The number of hydrogen-bond acceptors (Lipinski definition) is 3. The predicted octanol–water partition coefficient (Wildman–Crippen LogP) is 3.80. The molecule has 1 aromatic carbocycles. The van der Waals surface area contributed by atoms with Crippen LogP contribution >= 0.6 is 0 Å². The molecule has 3 nitrogen and oxygen atoms in total. The molecule has 3 heteroatoms. The van der Waals surface area contributed by atoms with Gasteiger partial charge in [-0.1, -0.05) is 13.8 Å². The van der Waals surface area contributed by atoms with Crippen LogP contribution in [0.15, 0.2) is 0 Å². The second kappa shape index (κ2) is 4.80. The summed E-state index contributed by atoms with van der Waals surface area (Å²) in [4.78, 5) is 11.0. The van der Waals surface area contributed by atoms with Crippen LogP contribution in [0.25, 0.3) is 0 Å². The van der Waals surface area contributed by atoms with Gasteiger partial charge in [0.15, 0.2) is 0 Å². The summed E-state index contributed by atoms with van der Waals surface area (Å²) in [5.41, 5.74) is 3.47. The molecule has 20 heavy (non-hydrogen) atoms. The molecule has 0 bridgehead atoms. The minimum atomic E-state index is -0.390. The van der Waals surface area contributed by atoms with Crippen molar-refractivity contribution in [2.45, 2.75) is 59.5 Å². The molecular formula is C17H24O3. The number of fused-ring (bicyclic) bond motifs is 1. The third-order valence-electron chi connectivity index (χ3n) is 4.91. The van der Waals surface area contributed by atoms with E-state index < -0.39 is 5.60 Å². The van der Waals surface area contributed by atoms with Gasteiger partial charge in [-0.15, -0.1) is 0 Å². The Bertz CT molecular complexity index is 562. The van der Waals surface area contributed by atoms with Crippen LogP contribution in [0.4, 0.5) is 0 Å². The van der Waals surface area contributed by atoms with E-state index in [9.17, 15) is 9.90 Å². The summed E-state index contributed by atoms with van der Waals surface area (Å²) in [5, 5.41) is 10.3. The minimum Gasteiger partial charge on any atom is -0.507 e. The maximum atomic E-state index is 11.0. The fourth-order valence-corrected chi connectivity index (χ4v) is 3.31. The largest absolute Gasteiger partial charge is 0.507 e. The van der Waals surface area contributed by atoms with Crippen molar-refractivity contribution in [3.8, 4) is 11.5 Å². The molecule has 1 aromatic rings. The van der Waals surface area contributed by atoms with Crippen LogP contribution in [0.2, 0.25) is 0 Å². The number of hydrogen-bond donors (Lipinski definition) is 1. The number of carbonyl (C=O) groups excluding carboxylic acids is 1. The van der Waals surface area contributed by atoms with Crippen molar-refractivity contribution in [2.75, 3.05) is 0 Å².